The van der Waals surface area contributed by atoms with Crippen LogP contribution in [0.1, 0.15) is 89.2 Å². The number of carbonyl (C=O) groups is 4. The van der Waals surface area contributed by atoms with Gasteiger partial charge in [0.1, 0.15) is 5.82 Å². The second-order valence-electron chi connectivity index (χ2n) is 12.5. The van der Waals surface area contributed by atoms with Crippen molar-refractivity contribution in [3.8, 4) is 0 Å². The first-order valence-electron chi connectivity index (χ1n) is 15.0. The maximum atomic E-state index is 12.6. The molecule has 2 aromatic carbocycles. The Kier molecular flexibility index (Phi) is 10.7. The van der Waals surface area contributed by atoms with E-state index >= 15 is 0 Å². The van der Waals surface area contributed by atoms with Crippen molar-refractivity contribution in [1.82, 2.24) is 0 Å². The molecule has 4 fully saturated rings. The summed E-state index contributed by atoms with van der Waals surface area (Å²) in [4.78, 5) is 42.4. The zero-order valence-corrected chi connectivity index (χ0v) is 25.0. The van der Waals surface area contributed by atoms with Gasteiger partial charge >= 0.3 is 23.9 Å². The molecule has 0 saturated heterocycles. The Bertz CT molecular complexity index is 1240. The summed E-state index contributed by atoms with van der Waals surface area (Å²) in [5.41, 5.74) is 0.452. The van der Waals surface area contributed by atoms with E-state index in [2.05, 4.69) is 0 Å². The van der Waals surface area contributed by atoms with E-state index in [-0.39, 0.29) is 16.6 Å². The van der Waals surface area contributed by atoms with Crippen LogP contribution in [0.5, 0.6) is 0 Å². The number of aliphatic carboxylic acids is 4. The van der Waals surface area contributed by atoms with Crippen LogP contribution in [-0.4, -0.2) is 44.3 Å². The van der Waals surface area contributed by atoms with Crippen LogP contribution in [0.25, 0.3) is 0 Å². The number of rotatable bonds is 10. The molecule has 4 saturated carbocycles. The molecule has 4 aliphatic carbocycles. The van der Waals surface area contributed by atoms with E-state index in [0.717, 1.165) is 75.3 Å². The first-order chi connectivity index (χ1) is 20.3. The lowest BCUT2D eigenvalue weighted by atomic mass is 9.97. The normalized spacial score (nSPS) is 19.7. The molecule has 2 aromatic rings. The number of hydrogen-bond donors (Lipinski definition) is 4. The van der Waals surface area contributed by atoms with Gasteiger partial charge < -0.3 is 20.4 Å². The van der Waals surface area contributed by atoms with Crippen molar-refractivity contribution in [3.05, 3.63) is 71.5 Å². The molecule has 4 N–H and O–H groups in total. The van der Waals surface area contributed by atoms with Crippen LogP contribution < -0.4 is 0 Å². The monoisotopic (exact) mass is 598 g/mol. The van der Waals surface area contributed by atoms with E-state index < -0.39 is 34.7 Å². The molecule has 6 rings (SSSR count). The molecular weight excluding hydrogens is 555 g/mol. The third kappa shape index (κ3) is 9.12. The Balaban J connectivity index is 0.000000162. The molecule has 0 unspecified atom stereocenters. The second-order valence-corrected chi connectivity index (χ2v) is 12.5. The van der Waals surface area contributed by atoms with E-state index in [1.807, 2.05) is 44.2 Å². The lowest BCUT2D eigenvalue weighted by Crippen LogP contribution is -2.17. The van der Waals surface area contributed by atoms with Crippen molar-refractivity contribution in [2.75, 3.05) is 0 Å². The Labute approximate surface area is 251 Å². The molecule has 0 atom stereocenters. The summed E-state index contributed by atoms with van der Waals surface area (Å²) in [5, 5.41) is 34.9. The molecule has 43 heavy (non-hydrogen) atoms. The Morgan fingerprint density at radius 2 is 0.837 bits per heavy atom. The van der Waals surface area contributed by atoms with Gasteiger partial charge in [-0.1, -0.05) is 56.3 Å². The fraction of sp³-hybridized carbons (Fsp3) is 0.529. The van der Waals surface area contributed by atoms with Crippen LogP contribution in [0.3, 0.4) is 0 Å². The maximum absolute atomic E-state index is 12.6. The summed E-state index contributed by atoms with van der Waals surface area (Å²) >= 11 is 0. The molecule has 0 bridgehead atoms. The Morgan fingerprint density at radius 1 is 0.535 bits per heavy atom. The molecule has 0 radical (unpaired) electrons. The number of carboxylic acid groups (broad SMARTS) is 4. The Morgan fingerprint density at radius 3 is 1.07 bits per heavy atom. The van der Waals surface area contributed by atoms with E-state index in [1.54, 1.807) is 12.1 Å². The molecule has 0 spiro atoms. The minimum absolute atomic E-state index is 0.283. The highest BCUT2D eigenvalue weighted by atomic mass is 19.1. The van der Waals surface area contributed by atoms with E-state index in [0.29, 0.717) is 12.8 Å². The van der Waals surface area contributed by atoms with E-state index in [1.165, 1.54) is 12.1 Å². The van der Waals surface area contributed by atoms with Crippen LogP contribution in [-0.2, 0) is 32.0 Å². The van der Waals surface area contributed by atoms with Gasteiger partial charge in [0.15, 0.2) is 0 Å². The summed E-state index contributed by atoms with van der Waals surface area (Å²) in [6.45, 7) is 3.86. The SMILES string of the molecule is CCC1(C(=O)O)CC1.CCC1(C(=O)O)CC1.O=C(O)C1(Cc2ccc(F)cc2)CC1.O=C(O)C1(Cc2ccccc2)CC1. The number of halogens is 1. The van der Waals surface area contributed by atoms with Gasteiger partial charge in [-0.15, -0.1) is 0 Å². The van der Waals surface area contributed by atoms with Gasteiger partial charge in [-0.3, -0.25) is 19.2 Å². The molecule has 0 amide bonds. The average Bonchev–Trinajstić information content (AvgIpc) is 3.82. The summed E-state index contributed by atoms with van der Waals surface area (Å²) in [6.07, 6.45) is 9.47. The van der Waals surface area contributed by atoms with Crippen molar-refractivity contribution in [2.45, 2.75) is 90.9 Å². The highest BCUT2D eigenvalue weighted by molar-refractivity contribution is 5.79. The molecule has 0 aliphatic heterocycles. The predicted molar refractivity (Wildman–Crippen MR) is 158 cm³/mol. The van der Waals surface area contributed by atoms with E-state index in [9.17, 15) is 23.6 Å². The largest absolute Gasteiger partial charge is 0.481 e. The van der Waals surface area contributed by atoms with Gasteiger partial charge in [0.25, 0.3) is 0 Å². The summed E-state index contributed by atoms with van der Waals surface area (Å²) in [6, 6.07) is 15.9. The Hall–Kier alpha value is -3.75. The fourth-order valence-corrected chi connectivity index (χ4v) is 4.95. The molecule has 8 nitrogen and oxygen atoms in total. The fourth-order valence-electron chi connectivity index (χ4n) is 4.95. The lowest BCUT2D eigenvalue weighted by molar-refractivity contribution is -0.144. The van der Waals surface area contributed by atoms with Gasteiger partial charge in [-0.25, -0.2) is 4.39 Å². The van der Waals surface area contributed by atoms with Crippen LogP contribution in [0.2, 0.25) is 0 Å². The highest BCUT2D eigenvalue weighted by Crippen LogP contribution is 2.50. The molecule has 9 heteroatoms. The number of carboxylic acids is 4. The minimum Gasteiger partial charge on any atom is -0.481 e. The lowest BCUT2D eigenvalue weighted by Gasteiger charge is -2.08. The number of hydrogen-bond acceptors (Lipinski definition) is 4. The summed E-state index contributed by atoms with van der Waals surface area (Å²) < 4.78 is 12.6. The van der Waals surface area contributed by atoms with Crippen LogP contribution in [0.15, 0.2) is 54.6 Å². The molecule has 4 aliphatic rings. The summed E-state index contributed by atoms with van der Waals surface area (Å²) in [5.74, 6) is -2.88. The van der Waals surface area contributed by atoms with Crippen LogP contribution in [0, 0.1) is 27.5 Å². The van der Waals surface area contributed by atoms with Crippen molar-refractivity contribution in [3.63, 3.8) is 0 Å². The zero-order valence-electron chi connectivity index (χ0n) is 25.0. The van der Waals surface area contributed by atoms with Gasteiger partial charge in [0, 0.05) is 0 Å². The smallest absolute Gasteiger partial charge is 0.309 e. The van der Waals surface area contributed by atoms with Crippen LogP contribution >= 0.6 is 0 Å². The highest BCUT2D eigenvalue weighted by Gasteiger charge is 2.51. The van der Waals surface area contributed by atoms with Crippen molar-refractivity contribution in [1.29, 1.82) is 0 Å². The minimum atomic E-state index is -0.734. The standard InChI is InChI=1S/C11H11FO2.C11H12O2.2C6H10O2/c12-9-3-1-8(2-4-9)7-11(5-6-11)10(13)14;12-10(13)11(6-7-11)8-9-4-2-1-3-5-9;2*1-2-6(3-4-6)5(7)8/h1-4H,5-7H2,(H,13,14);1-5H,6-8H2,(H,12,13);2*2-4H2,1H3,(H,7,8). The second kappa shape index (κ2) is 13.7. The van der Waals surface area contributed by atoms with Crippen molar-refractivity contribution in [2.24, 2.45) is 21.7 Å². The number of benzene rings is 2. The van der Waals surface area contributed by atoms with Crippen molar-refractivity contribution < 1.29 is 44.0 Å². The molecule has 0 heterocycles. The molecule has 234 valence electrons. The van der Waals surface area contributed by atoms with Gasteiger partial charge in [0.05, 0.1) is 21.7 Å². The van der Waals surface area contributed by atoms with Gasteiger partial charge in [-0.05, 0) is 100 Å². The average molecular weight is 599 g/mol. The first kappa shape index (κ1) is 33.7. The van der Waals surface area contributed by atoms with Crippen LogP contribution in [0.4, 0.5) is 4.39 Å². The molecule has 0 aromatic heterocycles. The topological polar surface area (TPSA) is 149 Å². The van der Waals surface area contributed by atoms with Gasteiger partial charge in [0.2, 0.25) is 0 Å². The summed E-state index contributed by atoms with van der Waals surface area (Å²) in [7, 11) is 0. The maximum Gasteiger partial charge on any atom is 0.309 e. The third-order valence-corrected chi connectivity index (χ3v) is 9.42. The van der Waals surface area contributed by atoms with E-state index in [4.69, 9.17) is 20.4 Å². The van der Waals surface area contributed by atoms with Gasteiger partial charge in [-0.2, -0.15) is 0 Å². The molecular formula is C34H43FO8. The predicted octanol–water partition coefficient (Wildman–Crippen LogP) is 6.85. The first-order valence-corrected chi connectivity index (χ1v) is 15.0. The zero-order chi connectivity index (χ0) is 31.9. The quantitative estimate of drug-likeness (QED) is 0.232. The van der Waals surface area contributed by atoms with Crippen molar-refractivity contribution >= 4 is 23.9 Å². The third-order valence-electron chi connectivity index (χ3n) is 9.42.